The summed E-state index contributed by atoms with van der Waals surface area (Å²) < 4.78 is 11.7. The zero-order valence-corrected chi connectivity index (χ0v) is 12.8. The van der Waals surface area contributed by atoms with Crippen LogP contribution in [0.1, 0.15) is 13.8 Å². The molecule has 0 radical (unpaired) electrons. The minimum Gasteiger partial charge on any atom is -0.545 e. The fourth-order valence-corrected chi connectivity index (χ4v) is 3.19. The summed E-state index contributed by atoms with van der Waals surface area (Å²) in [6, 6.07) is 0. The average Bonchev–Trinajstić information content (AvgIpc) is 1.78. The van der Waals surface area contributed by atoms with Crippen LogP contribution in [0.15, 0.2) is 11.5 Å². The molecule has 0 saturated carbocycles. The van der Waals surface area contributed by atoms with Gasteiger partial charge in [0.25, 0.3) is 0 Å². The molecule has 0 aliphatic heterocycles. The van der Waals surface area contributed by atoms with Crippen LogP contribution in [0.2, 0.25) is 39.3 Å². The Morgan fingerprint density at radius 1 is 0.643 bits per heavy atom. The Labute approximate surface area is 90.6 Å². The molecule has 0 spiro atoms. The zero-order chi connectivity index (χ0) is 11.6. The molecule has 14 heavy (non-hydrogen) atoms. The molecule has 4 heteroatoms. The third kappa shape index (κ3) is 7.20. The van der Waals surface area contributed by atoms with Gasteiger partial charge in [-0.15, -0.1) is 0 Å². The first-order chi connectivity index (χ1) is 6.01. The van der Waals surface area contributed by atoms with Gasteiger partial charge in [-0.1, -0.05) is 0 Å². The monoisotopic (exact) mass is 234 g/mol. The fraction of sp³-hybridized carbons (Fsp3) is 0.800. The van der Waals surface area contributed by atoms with E-state index in [-0.39, 0.29) is 0 Å². The Morgan fingerprint density at radius 3 is 1.00 bits per heavy atom. The summed E-state index contributed by atoms with van der Waals surface area (Å²) in [6.07, 6.45) is 0. The van der Waals surface area contributed by atoms with Crippen molar-refractivity contribution in [2.45, 2.75) is 53.1 Å². The summed E-state index contributed by atoms with van der Waals surface area (Å²) in [5, 5.41) is 0. The normalized spacial score (nSPS) is 14.9. The number of hydrogen-bond acceptors (Lipinski definition) is 2. The molecule has 84 valence electrons. The highest BCUT2D eigenvalue weighted by Crippen LogP contribution is 2.17. The molecule has 0 heterocycles. The van der Waals surface area contributed by atoms with Gasteiger partial charge in [-0.05, 0) is 53.1 Å². The molecule has 0 atom stereocenters. The van der Waals surface area contributed by atoms with Crippen LogP contribution < -0.4 is 0 Å². The lowest BCUT2D eigenvalue weighted by atomic mass is 10.7. The van der Waals surface area contributed by atoms with Gasteiger partial charge in [0.1, 0.15) is 11.5 Å². The molecule has 0 aromatic heterocycles. The first kappa shape index (κ1) is 13.8. The van der Waals surface area contributed by atoms with E-state index in [4.69, 9.17) is 8.85 Å². The molecule has 0 unspecified atom stereocenters. The van der Waals surface area contributed by atoms with Gasteiger partial charge in [0, 0.05) is 0 Å². The molecule has 0 saturated heterocycles. The molecule has 0 aliphatic rings. The maximum absolute atomic E-state index is 5.86. The van der Waals surface area contributed by atoms with E-state index < -0.39 is 16.6 Å². The van der Waals surface area contributed by atoms with Gasteiger partial charge in [-0.25, -0.2) is 0 Å². The van der Waals surface area contributed by atoms with E-state index in [2.05, 4.69) is 39.3 Å². The predicted molar refractivity (Wildman–Crippen MR) is 67.2 cm³/mol. The highest BCUT2D eigenvalue weighted by molar-refractivity contribution is 6.70. The van der Waals surface area contributed by atoms with Crippen molar-refractivity contribution in [2.75, 3.05) is 0 Å². The van der Waals surface area contributed by atoms with Crippen molar-refractivity contribution in [3.8, 4) is 0 Å². The number of rotatable bonds is 4. The summed E-state index contributed by atoms with van der Waals surface area (Å²) in [7, 11) is -2.96. The van der Waals surface area contributed by atoms with Crippen LogP contribution in [0.5, 0.6) is 0 Å². The molecular formula is C10H24O2Si2. The third-order valence-corrected chi connectivity index (χ3v) is 3.25. The summed E-state index contributed by atoms with van der Waals surface area (Å²) in [6.45, 7) is 17.1. The molecule has 0 aromatic carbocycles. The molecule has 0 fully saturated rings. The molecule has 0 aliphatic carbocycles. The summed E-state index contributed by atoms with van der Waals surface area (Å²) in [5.41, 5.74) is 0. The summed E-state index contributed by atoms with van der Waals surface area (Å²) in [4.78, 5) is 0. The standard InChI is InChI=1S/C10H24O2Si2/c1-9(11-13(3,4)5)10(2)12-14(6,7)8/h1-8H3/b10-9-/i1+1,2+1. The molecule has 0 N–H and O–H groups in total. The topological polar surface area (TPSA) is 18.5 Å². The Balaban J connectivity index is 4.45. The van der Waals surface area contributed by atoms with Crippen LogP contribution in [-0.2, 0) is 8.85 Å². The molecule has 0 rings (SSSR count). The minimum absolute atomic E-state index is 0.951. The highest BCUT2D eigenvalue weighted by atomic mass is 28.4. The quantitative estimate of drug-likeness (QED) is 0.417. The molecule has 2 nitrogen and oxygen atoms in total. The van der Waals surface area contributed by atoms with Gasteiger partial charge in [-0.2, -0.15) is 0 Å². The van der Waals surface area contributed by atoms with Crippen LogP contribution in [0, 0.1) is 0 Å². The van der Waals surface area contributed by atoms with Crippen molar-refractivity contribution >= 4 is 16.6 Å². The van der Waals surface area contributed by atoms with Crippen molar-refractivity contribution in [1.29, 1.82) is 0 Å². The Kier molecular flexibility index (Phi) is 4.46. The van der Waals surface area contributed by atoms with Crippen LogP contribution in [-0.4, -0.2) is 16.6 Å². The molecule has 0 bridgehead atoms. The van der Waals surface area contributed by atoms with Gasteiger partial charge in [0.2, 0.25) is 16.6 Å². The van der Waals surface area contributed by atoms with Gasteiger partial charge in [0.15, 0.2) is 0 Å². The average molecular weight is 234 g/mol. The highest BCUT2D eigenvalue weighted by Gasteiger charge is 2.20. The van der Waals surface area contributed by atoms with E-state index in [1.54, 1.807) is 0 Å². The number of allylic oxidation sites excluding steroid dienone is 2. The minimum atomic E-state index is -1.48. The van der Waals surface area contributed by atoms with Crippen molar-refractivity contribution in [1.82, 2.24) is 0 Å². The summed E-state index contributed by atoms with van der Waals surface area (Å²) in [5.74, 6) is 1.90. The lowest BCUT2D eigenvalue weighted by Crippen LogP contribution is -2.28. The van der Waals surface area contributed by atoms with Crippen LogP contribution in [0.4, 0.5) is 0 Å². The van der Waals surface area contributed by atoms with Gasteiger partial charge >= 0.3 is 0 Å². The second-order valence-electron chi connectivity index (χ2n) is 5.54. The van der Waals surface area contributed by atoms with Crippen LogP contribution in [0.25, 0.3) is 0 Å². The van der Waals surface area contributed by atoms with Crippen molar-refractivity contribution in [3.63, 3.8) is 0 Å². The Hall–Kier alpha value is -0.226. The van der Waals surface area contributed by atoms with E-state index in [0.717, 1.165) is 11.5 Å². The van der Waals surface area contributed by atoms with Crippen LogP contribution in [0.3, 0.4) is 0 Å². The van der Waals surface area contributed by atoms with E-state index in [9.17, 15) is 0 Å². The maximum atomic E-state index is 5.86. The smallest absolute Gasteiger partial charge is 0.241 e. The lowest BCUT2D eigenvalue weighted by molar-refractivity contribution is 0.344. The Bertz CT molecular complexity index is 197. The molecular weight excluding hydrogens is 210 g/mol. The second-order valence-corrected chi connectivity index (χ2v) is 14.4. The maximum Gasteiger partial charge on any atom is 0.241 e. The van der Waals surface area contributed by atoms with E-state index in [0.29, 0.717) is 0 Å². The molecule has 0 aromatic rings. The third-order valence-electron chi connectivity index (χ3n) is 1.41. The van der Waals surface area contributed by atoms with E-state index in [1.165, 1.54) is 0 Å². The largest absolute Gasteiger partial charge is 0.545 e. The predicted octanol–water partition coefficient (Wildman–Crippen LogP) is 3.94. The zero-order valence-electron chi connectivity index (χ0n) is 10.8. The molecule has 0 amide bonds. The fourth-order valence-electron chi connectivity index (χ4n) is 1.06. The lowest BCUT2D eigenvalue weighted by Gasteiger charge is -2.25. The van der Waals surface area contributed by atoms with Crippen molar-refractivity contribution < 1.29 is 8.85 Å². The number of hydrogen-bond donors (Lipinski definition) is 0. The van der Waals surface area contributed by atoms with Crippen molar-refractivity contribution in [2.24, 2.45) is 0 Å². The van der Waals surface area contributed by atoms with Gasteiger partial charge in [0.05, 0.1) is 0 Å². The second kappa shape index (κ2) is 4.53. The Morgan fingerprint density at radius 2 is 0.857 bits per heavy atom. The SMILES string of the molecule is C[Si](C)(C)O/C([13CH3])=C(/[13CH3])O[Si](C)(C)C. The first-order valence-electron chi connectivity index (χ1n) is 5.07. The van der Waals surface area contributed by atoms with E-state index >= 15 is 0 Å². The van der Waals surface area contributed by atoms with Crippen LogP contribution >= 0.6 is 0 Å². The van der Waals surface area contributed by atoms with Gasteiger partial charge < -0.3 is 8.85 Å². The van der Waals surface area contributed by atoms with Gasteiger partial charge in [-0.3, -0.25) is 0 Å². The first-order valence-corrected chi connectivity index (χ1v) is 11.9. The van der Waals surface area contributed by atoms with Crippen molar-refractivity contribution in [3.05, 3.63) is 11.5 Å². The van der Waals surface area contributed by atoms with E-state index in [1.807, 2.05) is 13.8 Å². The summed E-state index contributed by atoms with van der Waals surface area (Å²) >= 11 is 0.